The molecule has 0 heterocycles. The van der Waals surface area contributed by atoms with Gasteiger partial charge in [0.15, 0.2) is 5.75 Å². The van der Waals surface area contributed by atoms with Gasteiger partial charge in [-0.15, -0.1) is 0 Å². The highest BCUT2D eigenvalue weighted by Crippen LogP contribution is 2.35. The minimum atomic E-state index is -5.76. The third-order valence-electron chi connectivity index (χ3n) is 3.04. The van der Waals surface area contributed by atoms with Gasteiger partial charge in [0.1, 0.15) is 0 Å². The van der Waals surface area contributed by atoms with Crippen LogP contribution in [0.4, 0.5) is 13.2 Å². The van der Waals surface area contributed by atoms with Crippen molar-refractivity contribution in [1.82, 2.24) is 0 Å². The van der Waals surface area contributed by atoms with Crippen molar-refractivity contribution in [3.63, 3.8) is 0 Å². The molecule has 0 fully saturated rings. The molecule has 114 valence electrons. The summed E-state index contributed by atoms with van der Waals surface area (Å²) in [5, 5.41) is 9.97. The van der Waals surface area contributed by atoms with Crippen LogP contribution in [0.1, 0.15) is 11.1 Å². The maximum Gasteiger partial charge on any atom is 0.534 e. The normalized spacial score (nSPS) is 12.6. The second-order valence-corrected chi connectivity index (χ2v) is 5.88. The van der Waals surface area contributed by atoms with Crippen molar-refractivity contribution in [3.8, 4) is 5.75 Å². The van der Waals surface area contributed by atoms with Crippen molar-refractivity contribution in [1.29, 1.82) is 0 Å². The van der Waals surface area contributed by atoms with Crippen molar-refractivity contribution in [2.45, 2.75) is 19.0 Å². The Morgan fingerprint density at radius 1 is 1.19 bits per heavy atom. The van der Waals surface area contributed by atoms with E-state index in [-0.39, 0.29) is 5.39 Å². The van der Waals surface area contributed by atoms with Gasteiger partial charge in [-0.3, -0.25) is 0 Å². The first-order valence-corrected chi connectivity index (χ1v) is 7.21. The Bertz CT molecular complexity index is 782. The van der Waals surface area contributed by atoms with Gasteiger partial charge >= 0.3 is 15.6 Å². The van der Waals surface area contributed by atoms with Crippen LogP contribution in [-0.4, -0.2) is 19.0 Å². The molecule has 0 bridgehead atoms. The Hall–Kier alpha value is -1.80. The summed E-state index contributed by atoms with van der Waals surface area (Å²) in [7, 11) is -5.76. The molecule has 0 atom stereocenters. The van der Waals surface area contributed by atoms with Crippen molar-refractivity contribution < 1.29 is 30.9 Å². The van der Waals surface area contributed by atoms with Gasteiger partial charge in [0.05, 0.1) is 6.61 Å². The fourth-order valence-electron chi connectivity index (χ4n) is 1.94. The summed E-state index contributed by atoms with van der Waals surface area (Å²) < 4.78 is 63.7. The maximum atomic E-state index is 12.4. The van der Waals surface area contributed by atoms with Gasteiger partial charge in [0.25, 0.3) is 0 Å². The average Bonchev–Trinajstić information content (AvgIpc) is 2.40. The molecule has 0 unspecified atom stereocenters. The van der Waals surface area contributed by atoms with E-state index in [0.29, 0.717) is 16.5 Å². The van der Waals surface area contributed by atoms with Crippen LogP contribution in [-0.2, 0) is 16.7 Å². The Labute approximate surface area is 118 Å². The van der Waals surface area contributed by atoms with Crippen molar-refractivity contribution in [2.24, 2.45) is 0 Å². The SMILES string of the molecule is Cc1c(CO)cc(OS(=O)(=O)C(F)(F)F)c2ccccc12. The molecule has 0 aromatic heterocycles. The van der Waals surface area contributed by atoms with Crippen LogP contribution in [0.5, 0.6) is 5.75 Å². The summed E-state index contributed by atoms with van der Waals surface area (Å²) in [4.78, 5) is 0. The minimum absolute atomic E-state index is 0.222. The first kappa shape index (κ1) is 15.6. The van der Waals surface area contributed by atoms with Crippen molar-refractivity contribution >= 4 is 20.9 Å². The van der Waals surface area contributed by atoms with Gasteiger partial charge in [-0.05, 0) is 29.5 Å². The Morgan fingerprint density at radius 3 is 2.29 bits per heavy atom. The summed E-state index contributed by atoms with van der Waals surface area (Å²) in [6.07, 6.45) is 0. The Morgan fingerprint density at radius 2 is 1.76 bits per heavy atom. The standard InChI is InChI=1S/C13H11F3O4S/c1-8-9(7-17)6-12(11-5-3-2-4-10(8)11)20-21(18,19)13(14,15)16/h2-6,17H,7H2,1H3. The van der Waals surface area contributed by atoms with Gasteiger partial charge in [-0.2, -0.15) is 21.6 Å². The molecule has 0 aliphatic rings. The second kappa shape index (κ2) is 5.19. The number of alkyl halides is 3. The minimum Gasteiger partial charge on any atom is -0.392 e. The predicted octanol–water partition coefficient (Wildman–Crippen LogP) is 2.87. The first-order chi connectivity index (χ1) is 9.67. The molecule has 0 spiro atoms. The van der Waals surface area contributed by atoms with E-state index >= 15 is 0 Å². The molecule has 0 radical (unpaired) electrons. The highest BCUT2D eigenvalue weighted by atomic mass is 32.2. The predicted molar refractivity (Wildman–Crippen MR) is 70.2 cm³/mol. The van der Waals surface area contributed by atoms with Crippen LogP contribution >= 0.6 is 0 Å². The number of fused-ring (bicyclic) bond motifs is 1. The van der Waals surface area contributed by atoms with Crippen LogP contribution in [0.15, 0.2) is 30.3 Å². The van der Waals surface area contributed by atoms with Gasteiger partial charge in [-0.1, -0.05) is 24.3 Å². The quantitative estimate of drug-likeness (QED) is 0.698. The lowest BCUT2D eigenvalue weighted by Crippen LogP contribution is -2.28. The molecule has 0 amide bonds. The smallest absolute Gasteiger partial charge is 0.392 e. The van der Waals surface area contributed by atoms with E-state index in [4.69, 9.17) is 0 Å². The molecular formula is C13H11F3O4S. The Kier molecular flexibility index (Phi) is 3.85. The molecule has 0 saturated carbocycles. The van der Waals surface area contributed by atoms with E-state index in [9.17, 15) is 26.7 Å². The number of aryl methyl sites for hydroxylation is 1. The summed E-state index contributed by atoms with van der Waals surface area (Å²) in [6, 6.07) is 7.36. The van der Waals surface area contributed by atoms with Crippen molar-refractivity contribution in [3.05, 3.63) is 41.5 Å². The topological polar surface area (TPSA) is 63.6 Å². The maximum absolute atomic E-state index is 12.4. The number of hydrogen-bond donors (Lipinski definition) is 1. The number of rotatable bonds is 3. The van der Waals surface area contributed by atoms with Gasteiger partial charge in [-0.25, -0.2) is 0 Å². The molecule has 1 N–H and O–H groups in total. The van der Waals surface area contributed by atoms with E-state index in [1.54, 1.807) is 25.1 Å². The molecule has 0 aliphatic heterocycles. The highest BCUT2D eigenvalue weighted by molar-refractivity contribution is 7.88. The number of halogens is 3. The van der Waals surface area contributed by atoms with Crippen LogP contribution in [0.3, 0.4) is 0 Å². The average molecular weight is 320 g/mol. The highest BCUT2D eigenvalue weighted by Gasteiger charge is 2.48. The number of aliphatic hydroxyl groups excluding tert-OH is 1. The third-order valence-corrected chi connectivity index (χ3v) is 4.00. The lowest BCUT2D eigenvalue weighted by atomic mass is 10.00. The third kappa shape index (κ3) is 2.81. The summed E-state index contributed by atoms with van der Waals surface area (Å²) >= 11 is 0. The fraction of sp³-hybridized carbons (Fsp3) is 0.231. The van der Waals surface area contributed by atoms with E-state index in [2.05, 4.69) is 4.18 Å². The fourth-order valence-corrected chi connectivity index (χ4v) is 2.41. The number of benzene rings is 2. The van der Waals surface area contributed by atoms with E-state index in [0.717, 1.165) is 6.07 Å². The summed E-state index contributed by atoms with van der Waals surface area (Å²) in [5.41, 5.74) is -4.58. The van der Waals surface area contributed by atoms with Crippen LogP contribution in [0.25, 0.3) is 10.8 Å². The zero-order valence-electron chi connectivity index (χ0n) is 10.8. The monoisotopic (exact) mass is 320 g/mol. The van der Waals surface area contributed by atoms with Gasteiger partial charge < -0.3 is 9.29 Å². The van der Waals surface area contributed by atoms with Crippen LogP contribution < -0.4 is 4.18 Å². The summed E-state index contributed by atoms with van der Waals surface area (Å²) in [6.45, 7) is 1.23. The molecule has 2 aromatic rings. The molecule has 8 heteroatoms. The first-order valence-electron chi connectivity index (χ1n) is 5.80. The molecule has 0 saturated heterocycles. The number of aliphatic hydroxyl groups is 1. The van der Waals surface area contributed by atoms with Crippen LogP contribution in [0, 0.1) is 6.92 Å². The van der Waals surface area contributed by atoms with E-state index in [1.807, 2.05) is 0 Å². The number of hydrogen-bond acceptors (Lipinski definition) is 4. The molecular weight excluding hydrogens is 309 g/mol. The lowest BCUT2D eigenvalue weighted by molar-refractivity contribution is -0.0499. The largest absolute Gasteiger partial charge is 0.534 e. The zero-order valence-corrected chi connectivity index (χ0v) is 11.6. The molecule has 21 heavy (non-hydrogen) atoms. The van der Waals surface area contributed by atoms with E-state index in [1.165, 1.54) is 6.07 Å². The molecule has 4 nitrogen and oxygen atoms in total. The molecule has 0 aliphatic carbocycles. The summed E-state index contributed by atoms with van der Waals surface area (Å²) in [5.74, 6) is -0.461. The van der Waals surface area contributed by atoms with Crippen LogP contribution in [0.2, 0.25) is 0 Å². The van der Waals surface area contributed by atoms with Gasteiger partial charge in [0, 0.05) is 5.39 Å². The zero-order chi connectivity index (χ0) is 15.8. The van der Waals surface area contributed by atoms with E-state index < -0.39 is 28.0 Å². The molecule has 2 aromatic carbocycles. The van der Waals surface area contributed by atoms with Gasteiger partial charge in [0.2, 0.25) is 0 Å². The molecule has 2 rings (SSSR count). The Balaban J connectivity index is 2.67. The lowest BCUT2D eigenvalue weighted by Gasteiger charge is -2.14. The second-order valence-electron chi connectivity index (χ2n) is 4.35. The van der Waals surface area contributed by atoms with Crippen molar-refractivity contribution in [2.75, 3.05) is 0 Å².